The maximum absolute atomic E-state index is 12.3. The normalized spacial score (nSPS) is 26.1. The Morgan fingerprint density at radius 2 is 2.04 bits per heavy atom. The van der Waals surface area contributed by atoms with Crippen molar-refractivity contribution < 1.29 is 19.7 Å². The molecule has 1 saturated carbocycles. The summed E-state index contributed by atoms with van der Waals surface area (Å²) < 4.78 is 5.60. The number of carbonyl (C=O) groups excluding carboxylic acids is 1. The molecule has 1 aliphatic carbocycles. The lowest BCUT2D eigenvalue weighted by atomic mass is 9.75. The molecule has 1 aliphatic rings. The molecule has 1 aromatic carbocycles. The minimum atomic E-state index is -1.53. The molecule has 2 N–H and O–H groups in total. The summed E-state index contributed by atoms with van der Waals surface area (Å²) >= 11 is 5.83. The number of aliphatic hydroxyl groups is 1. The highest BCUT2D eigenvalue weighted by molar-refractivity contribution is 6.32. The Bertz CT molecular complexity index is 558. The smallest absolute Gasteiger partial charge is 0.340 e. The average molecular weight is 341 g/mol. The van der Waals surface area contributed by atoms with E-state index in [4.69, 9.17) is 16.3 Å². The molecular formula is C18H25ClO4. The van der Waals surface area contributed by atoms with Crippen molar-refractivity contribution in [1.29, 1.82) is 0 Å². The average Bonchev–Trinajstić information content (AvgIpc) is 2.49. The van der Waals surface area contributed by atoms with Crippen molar-refractivity contribution in [3.63, 3.8) is 0 Å². The number of hydrogen-bond donors (Lipinski definition) is 2. The van der Waals surface area contributed by atoms with Gasteiger partial charge in [0.05, 0.1) is 5.02 Å². The summed E-state index contributed by atoms with van der Waals surface area (Å²) in [7, 11) is 0. The topological polar surface area (TPSA) is 66.8 Å². The van der Waals surface area contributed by atoms with Gasteiger partial charge in [0.2, 0.25) is 0 Å². The van der Waals surface area contributed by atoms with Crippen LogP contribution in [0, 0.1) is 17.8 Å². The van der Waals surface area contributed by atoms with Crippen LogP contribution < -0.4 is 0 Å². The van der Waals surface area contributed by atoms with Crippen LogP contribution in [0.1, 0.15) is 51.7 Å². The van der Waals surface area contributed by atoms with Crippen LogP contribution in [-0.2, 0) is 9.53 Å². The first kappa shape index (κ1) is 18.1. The highest BCUT2D eigenvalue weighted by Gasteiger charge is 2.35. The van der Waals surface area contributed by atoms with Crippen molar-refractivity contribution in [3.05, 3.63) is 28.8 Å². The number of hydrogen-bond acceptors (Lipinski definition) is 4. The number of aliphatic hydroxyl groups excluding tert-OH is 1. The SMILES string of the molecule is CC(C)[C@H]1CC[C@H](C)C[C@@H]1OC(=O)[C@H](O)c1cccc(Cl)c1O. The molecule has 0 aromatic heterocycles. The van der Waals surface area contributed by atoms with Crippen LogP contribution in [0.5, 0.6) is 5.75 Å². The summed E-state index contributed by atoms with van der Waals surface area (Å²) in [6.07, 6.45) is 1.24. The van der Waals surface area contributed by atoms with Crippen LogP contribution in [0.2, 0.25) is 5.02 Å². The zero-order valence-corrected chi connectivity index (χ0v) is 14.6. The van der Waals surface area contributed by atoms with Crippen molar-refractivity contribution in [2.24, 2.45) is 17.8 Å². The van der Waals surface area contributed by atoms with E-state index >= 15 is 0 Å². The number of phenolic OH excluding ortho intramolecular Hbond substituents is 1. The molecule has 2 rings (SSSR count). The van der Waals surface area contributed by atoms with Crippen molar-refractivity contribution >= 4 is 17.6 Å². The van der Waals surface area contributed by atoms with Gasteiger partial charge in [-0.1, -0.05) is 50.9 Å². The molecule has 1 fully saturated rings. The molecule has 0 bridgehead atoms. The minimum Gasteiger partial charge on any atom is -0.506 e. The molecule has 128 valence electrons. The van der Waals surface area contributed by atoms with E-state index in [-0.39, 0.29) is 22.4 Å². The second kappa shape index (κ2) is 7.54. The van der Waals surface area contributed by atoms with Gasteiger partial charge in [-0.05, 0) is 36.7 Å². The maximum atomic E-state index is 12.3. The summed E-state index contributed by atoms with van der Waals surface area (Å²) in [5.74, 6) is 0.204. The van der Waals surface area contributed by atoms with E-state index in [9.17, 15) is 15.0 Å². The van der Waals surface area contributed by atoms with Gasteiger partial charge in [0.1, 0.15) is 11.9 Å². The predicted molar refractivity (Wildman–Crippen MR) is 89.3 cm³/mol. The van der Waals surface area contributed by atoms with E-state index in [1.807, 2.05) is 0 Å². The van der Waals surface area contributed by atoms with Gasteiger partial charge < -0.3 is 14.9 Å². The van der Waals surface area contributed by atoms with E-state index in [2.05, 4.69) is 20.8 Å². The third-order valence-corrected chi connectivity index (χ3v) is 5.07. The minimum absolute atomic E-state index is 0.0763. The number of carbonyl (C=O) groups is 1. The van der Waals surface area contributed by atoms with Gasteiger partial charge in [-0.3, -0.25) is 0 Å². The third kappa shape index (κ3) is 4.18. The molecule has 1 aromatic rings. The second-order valence-electron chi connectivity index (χ2n) is 6.88. The van der Waals surface area contributed by atoms with Crippen LogP contribution in [0.25, 0.3) is 0 Å². The summed E-state index contributed by atoms with van der Waals surface area (Å²) in [4.78, 5) is 12.3. The zero-order chi connectivity index (χ0) is 17.1. The van der Waals surface area contributed by atoms with Crippen molar-refractivity contribution in [2.45, 2.75) is 52.2 Å². The molecule has 0 amide bonds. The first-order valence-corrected chi connectivity index (χ1v) is 8.55. The zero-order valence-electron chi connectivity index (χ0n) is 13.8. The third-order valence-electron chi connectivity index (χ3n) is 4.76. The van der Waals surface area contributed by atoms with Gasteiger partial charge in [0.15, 0.2) is 6.10 Å². The number of aromatic hydroxyl groups is 1. The molecular weight excluding hydrogens is 316 g/mol. The largest absolute Gasteiger partial charge is 0.506 e. The van der Waals surface area contributed by atoms with E-state index in [0.717, 1.165) is 19.3 Å². The Morgan fingerprint density at radius 1 is 1.35 bits per heavy atom. The number of para-hydroxylation sites is 1. The molecule has 0 spiro atoms. The standard InChI is InChI=1S/C18H25ClO4/c1-10(2)12-8-7-11(3)9-15(12)23-18(22)17(21)13-5-4-6-14(19)16(13)20/h4-6,10-12,15,17,20-21H,7-9H2,1-3H3/t11-,12+,15-,17+/m0/s1. The fourth-order valence-corrected chi connectivity index (χ4v) is 3.53. The van der Waals surface area contributed by atoms with E-state index in [1.165, 1.54) is 12.1 Å². The van der Waals surface area contributed by atoms with E-state index in [0.29, 0.717) is 17.8 Å². The number of rotatable bonds is 4. The number of benzene rings is 1. The quantitative estimate of drug-likeness (QED) is 0.810. The van der Waals surface area contributed by atoms with Crippen LogP contribution in [0.15, 0.2) is 18.2 Å². The van der Waals surface area contributed by atoms with Gasteiger partial charge in [-0.15, -0.1) is 0 Å². The van der Waals surface area contributed by atoms with Crippen LogP contribution >= 0.6 is 11.6 Å². The lowest BCUT2D eigenvalue weighted by Gasteiger charge is -2.37. The van der Waals surface area contributed by atoms with Crippen LogP contribution in [0.4, 0.5) is 0 Å². The number of esters is 1. The van der Waals surface area contributed by atoms with Crippen molar-refractivity contribution in [1.82, 2.24) is 0 Å². The molecule has 0 unspecified atom stereocenters. The van der Waals surface area contributed by atoms with Gasteiger partial charge in [0.25, 0.3) is 0 Å². The fraction of sp³-hybridized carbons (Fsp3) is 0.611. The molecule has 0 saturated heterocycles. The summed E-state index contributed by atoms with van der Waals surface area (Å²) in [5, 5.41) is 20.2. The van der Waals surface area contributed by atoms with Crippen molar-refractivity contribution in [3.8, 4) is 5.75 Å². The first-order valence-electron chi connectivity index (χ1n) is 8.17. The highest BCUT2D eigenvalue weighted by atomic mass is 35.5. The summed E-state index contributed by atoms with van der Waals surface area (Å²) in [6.45, 7) is 6.40. The molecule has 0 aliphatic heterocycles. The summed E-state index contributed by atoms with van der Waals surface area (Å²) in [5.41, 5.74) is 0.0763. The van der Waals surface area contributed by atoms with Crippen molar-refractivity contribution in [2.75, 3.05) is 0 Å². The Kier molecular flexibility index (Phi) is 5.93. The Labute approximate surface area is 142 Å². The Morgan fingerprint density at radius 3 is 2.70 bits per heavy atom. The molecule has 5 heteroatoms. The number of ether oxygens (including phenoxy) is 1. The fourth-order valence-electron chi connectivity index (χ4n) is 3.34. The van der Waals surface area contributed by atoms with Gasteiger partial charge >= 0.3 is 5.97 Å². The lowest BCUT2D eigenvalue weighted by Crippen LogP contribution is -2.37. The molecule has 0 heterocycles. The van der Waals surface area contributed by atoms with Crippen LogP contribution in [0.3, 0.4) is 0 Å². The second-order valence-corrected chi connectivity index (χ2v) is 7.29. The summed E-state index contributed by atoms with van der Waals surface area (Å²) in [6, 6.07) is 4.54. The highest BCUT2D eigenvalue weighted by Crippen LogP contribution is 2.37. The van der Waals surface area contributed by atoms with Gasteiger partial charge in [-0.25, -0.2) is 4.79 Å². The van der Waals surface area contributed by atoms with E-state index < -0.39 is 12.1 Å². The lowest BCUT2D eigenvalue weighted by molar-refractivity contribution is -0.166. The molecule has 4 atom stereocenters. The molecule has 23 heavy (non-hydrogen) atoms. The maximum Gasteiger partial charge on any atom is 0.340 e. The Balaban J connectivity index is 2.11. The monoisotopic (exact) mass is 340 g/mol. The van der Waals surface area contributed by atoms with E-state index in [1.54, 1.807) is 6.07 Å². The Hall–Kier alpha value is -1.26. The predicted octanol–water partition coefficient (Wildman–Crippen LogP) is 4.08. The molecule has 0 radical (unpaired) electrons. The number of phenols is 1. The van der Waals surface area contributed by atoms with Crippen LogP contribution in [-0.4, -0.2) is 22.3 Å². The van der Waals surface area contributed by atoms with Gasteiger partial charge in [0, 0.05) is 5.56 Å². The molecule has 4 nitrogen and oxygen atoms in total. The van der Waals surface area contributed by atoms with Gasteiger partial charge in [-0.2, -0.15) is 0 Å². The first-order chi connectivity index (χ1) is 10.8. The number of halogens is 1.